The fraction of sp³-hybridized carbons (Fsp3) is 0.333. The summed E-state index contributed by atoms with van der Waals surface area (Å²) in [6.45, 7) is 7.02. The highest BCUT2D eigenvalue weighted by Gasteiger charge is 2.24. The van der Waals surface area contributed by atoms with E-state index in [1.165, 1.54) is 13.0 Å². The van der Waals surface area contributed by atoms with E-state index in [-0.39, 0.29) is 11.5 Å². The number of aromatic nitrogens is 2. The molecular formula is C12H13N3O3S. The number of carbonyl (C=O) groups is 1. The maximum atomic E-state index is 11.4. The first-order valence-corrected chi connectivity index (χ1v) is 6.47. The summed E-state index contributed by atoms with van der Waals surface area (Å²) in [5.74, 6) is -0.183. The molecule has 0 amide bonds. The molecule has 0 aliphatic rings. The van der Waals surface area contributed by atoms with Gasteiger partial charge < -0.3 is 0 Å². The van der Waals surface area contributed by atoms with Crippen LogP contribution in [0.3, 0.4) is 0 Å². The Kier molecular flexibility index (Phi) is 3.23. The molecule has 2 rings (SSSR count). The molecule has 0 radical (unpaired) electrons. The van der Waals surface area contributed by atoms with Crippen LogP contribution in [0.15, 0.2) is 6.07 Å². The van der Waals surface area contributed by atoms with E-state index in [0.29, 0.717) is 9.88 Å². The third kappa shape index (κ3) is 2.17. The van der Waals surface area contributed by atoms with Gasteiger partial charge in [0.15, 0.2) is 10.8 Å². The predicted octanol–water partition coefficient (Wildman–Crippen LogP) is 2.97. The zero-order chi connectivity index (χ0) is 14.3. The maximum Gasteiger partial charge on any atom is 0.306 e. The van der Waals surface area contributed by atoms with Crippen LogP contribution in [0.2, 0.25) is 0 Å². The molecule has 100 valence electrons. The lowest BCUT2D eigenvalue weighted by molar-refractivity contribution is -0.384. The van der Waals surface area contributed by atoms with E-state index in [2.05, 4.69) is 5.10 Å². The molecule has 2 aromatic heterocycles. The lowest BCUT2D eigenvalue weighted by atomic mass is 10.2. The van der Waals surface area contributed by atoms with Crippen molar-refractivity contribution in [3.8, 4) is 5.00 Å². The second-order valence-electron chi connectivity index (χ2n) is 4.32. The number of nitrogens with zero attached hydrogens (tertiary/aromatic N) is 3. The lowest BCUT2D eigenvalue weighted by Crippen LogP contribution is -2.00. The zero-order valence-electron chi connectivity index (χ0n) is 11.1. The Labute approximate surface area is 113 Å². The third-order valence-corrected chi connectivity index (χ3v) is 4.28. The summed E-state index contributed by atoms with van der Waals surface area (Å²) >= 11 is 1.09. The van der Waals surface area contributed by atoms with E-state index < -0.39 is 4.92 Å². The molecule has 2 aromatic rings. The van der Waals surface area contributed by atoms with Crippen molar-refractivity contribution in [2.24, 2.45) is 0 Å². The van der Waals surface area contributed by atoms with Gasteiger partial charge in [-0.25, -0.2) is 4.68 Å². The first kappa shape index (κ1) is 13.4. The van der Waals surface area contributed by atoms with Crippen LogP contribution < -0.4 is 0 Å². The normalized spacial score (nSPS) is 10.7. The second-order valence-corrected chi connectivity index (χ2v) is 5.35. The number of aryl methyl sites for hydroxylation is 1. The Bertz CT molecular complexity index is 685. The number of rotatable bonds is 3. The van der Waals surface area contributed by atoms with Crippen LogP contribution in [-0.4, -0.2) is 20.5 Å². The van der Waals surface area contributed by atoms with Crippen LogP contribution in [0.5, 0.6) is 0 Å². The molecule has 7 heteroatoms. The van der Waals surface area contributed by atoms with E-state index in [1.807, 2.05) is 20.8 Å². The van der Waals surface area contributed by atoms with Gasteiger partial charge in [-0.3, -0.25) is 14.9 Å². The quantitative estimate of drug-likeness (QED) is 0.491. The first-order chi connectivity index (χ1) is 8.82. The monoisotopic (exact) mass is 279 g/mol. The van der Waals surface area contributed by atoms with Crippen molar-refractivity contribution < 1.29 is 9.72 Å². The molecule has 0 N–H and O–H groups in total. The van der Waals surface area contributed by atoms with Crippen LogP contribution >= 0.6 is 11.3 Å². The molecule has 0 aromatic carbocycles. The van der Waals surface area contributed by atoms with Gasteiger partial charge in [0, 0.05) is 11.8 Å². The summed E-state index contributed by atoms with van der Waals surface area (Å²) in [5, 5.41) is 15.8. The average Bonchev–Trinajstić information content (AvgIpc) is 2.87. The van der Waals surface area contributed by atoms with Crippen molar-refractivity contribution in [3.63, 3.8) is 0 Å². The van der Waals surface area contributed by atoms with E-state index in [1.54, 1.807) is 4.68 Å². The summed E-state index contributed by atoms with van der Waals surface area (Å²) in [6.07, 6.45) is 0. The molecule has 0 aliphatic carbocycles. The Morgan fingerprint density at radius 2 is 2.05 bits per heavy atom. The van der Waals surface area contributed by atoms with Crippen molar-refractivity contribution in [2.45, 2.75) is 27.7 Å². The van der Waals surface area contributed by atoms with Gasteiger partial charge >= 0.3 is 5.69 Å². The van der Waals surface area contributed by atoms with E-state index in [4.69, 9.17) is 0 Å². The van der Waals surface area contributed by atoms with Crippen LogP contribution in [0.1, 0.15) is 33.5 Å². The molecule has 2 heterocycles. The highest BCUT2D eigenvalue weighted by molar-refractivity contribution is 7.17. The Hall–Kier alpha value is -2.02. The van der Waals surface area contributed by atoms with Gasteiger partial charge in [-0.1, -0.05) is 0 Å². The van der Waals surface area contributed by atoms with Gasteiger partial charge in [0.05, 0.1) is 15.5 Å². The average molecular weight is 279 g/mol. The Balaban J connectivity index is 2.70. The van der Waals surface area contributed by atoms with Crippen LogP contribution in [0.25, 0.3) is 5.00 Å². The summed E-state index contributed by atoms with van der Waals surface area (Å²) < 4.78 is 1.54. The maximum absolute atomic E-state index is 11.4. The number of carbonyl (C=O) groups excluding carboxylic acids is 1. The molecule has 0 saturated carbocycles. The smallest absolute Gasteiger partial charge is 0.294 e. The SMILES string of the molecule is CC(=O)c1cc([N+](=O)[O-])c(-n2nc(C)c(C)c2C)s1. The molecule has 19 heavy (non-hydrogen) atoms. The summed E-state index contributed by atoms with van der Waals surface area (Å²) in [6, 6.07) is 1.31. The van der Waals surface area contributed by atoms with E-state index >= 15 is 0 Å². The summed E-state index contributed by atoms with van der Waals surface area (Å²) in [7, 11) is 0. The number of hydrogen-bond donors (Lipinski definition) is 0. The zero-order valence-corrected chi connectivity index (χ0v) is 11.9. The molecular weight excluding hydrogens is 266 g/mol. The van der Waals surface area contributed by atoms with Gasteiger partial charge in [0.1, 0.15) is 0 Å². The minimum atomic E-state index is -0.482. The van der Waals surface area contributed by atoms with Crippen molar-refractivity contribution >= 4 is 22.8 Å². The molecule has 0 aliphatic heterocycles. The lowest BCUT2D eigenvalue weighted by Gasteiger charge is -2.00. The number of ketones is 1. The molecule has 0 atom stereocenters. The number of nitro groups is 1. The van der Waals surface area contributed by atoms with Crippen molar-refractivity contribution in [3.05, 3.63) is 38.0 Å². The fourth-order valence-electron chi connectivity index (χ4n) is 1.75. The minimum Gasteiger partial charge on any atom is -0.294 e. The third-order valence-electron chi connectivity index (χ3n) is 3.08. The standard InChI is InChI=1S/C12H13N3O3S/c1-6-7(2)13-14(8(6)3)12-10(15(17)18)5-11(19-12)9(4)16/h5H,1-4H3. The number of hydrogen-bond acceptors (Lipinski definition) is 5. The molecule has 0 spiro atoms. The molecule has 6 nitrogen and oxygen atoms in total. The van der Waals surface area contributed by atoms with E-state index in [9.17, 15) is 14.9 Å². The Morgan fingerprint density at radius 3 is 2.47 bits per heavy atom. The van der Waals surface area contributed by atoms with Crippen molar-refractivity contribution in [1.29, 1.82) is 0 Å². The van der Waals surface area contributed by atoms with Gasteiger partial charge in [0.25, 0.3) is 0 Å². The predicted molar refractivity (Wildman–Crippen MR) is 72.3 cm³/mol. The number of Topliss-reactive ketones (excluding diaryl/α,β-unsaturated/α-hetero) is 1. The topological polar surface area (TPSA) is 78.0 Å². The van der Waals surface area contributed by atoms with Crippen molar-refractivity contribution in [2.75, 3.05) is 0 Å². The highest BCUT2D eigenvalue weighted by atomic mass is 32.1. The molecule has 0 unspecified atom stereocenters. The van der Waals surface area contributed by atoms with Gasteiger partial charge in [-0.2, -0.15) is 5.10 Å². The molecule has 0 saturated heterocycles. The van der Waals surface area contributed by atoms with Gasteiger partial charge in [0.2, 0.25) is 0 Å². The summed E-state index contributed by atoms with van der Waals surface area (Å²) in [5.41, 5.74) is 2.58. The largest absolute Gasteiger partial charge is 0.306 e. The van der Waals surface area contributed by atoms with Gasteiger partial charge in [-0.15, -0.1) is 11.3 Å². The fourth-order valence-corrected chi connectivity index (χ4v) is 2.77. The Morgan fingerprint density at radius 1 is 1.42 bits per heavy atom. The van der Waals surface area contributed by atoms with Crippen LogP contribution in [-0.2, 0) is 0 Å². The highest BCUT2D eigenvalue weighted by Crippen LogP contribution is 2.34. The minimum absolute atomic E-state index is 0.0826. The van der Waals surface area contributed by atoms with Crippen LogP contribution in [0, 0.1) is 30.9 Å². The number of thiophene rings is 1. The molecule has 0 bridgehead atoms. The summed E-state index contributed by atoms with van der Waals surface area (Å²) in [4.78, 5) is 22.4. The second kappa shape index (κ2) is 4.58. The molecule has 0 fully saturated rings. The van der Waals surface area contributed by atoms with Crippen LogP contribution in [0.4, 0.5) is 5.69 Å². The van der Waals surface area contributed by atoms with Crippen molar-refractivity contribution in [1.82, 2.24) is 9.78 Å². The van der Waals surface area contributed by atoms with Gasteiger partial charge in [-0.05, 0) is 33.3 Å². The van der Waals surface area contributed by atoms with E-state index in [0.717, 1.165) is 28.3 Å². The first-order valence-electron chi connectivity index (χ1n) is 5.65.